The fraction of sp³-hybridized carbons (Fsp3) is 0.429. The molecular weight excluding hydrogens is 228 g/mol. The van der Waals surface area contributed by atoms with E-state index in [9.17, 15) is 4.79 Å². The second-order valence-electron chi connectivity index (χ2n) is 4.22. The number of ether oxygens (including phenoxy) is 1. The third kappa shape index (κ3) is 3.01. The highest BCUT2D eigenvalue weighted by molar-refractivity contribution is 5.94. The molecule has 1 aromatic rings. The van der Waals surface area contributed by atoms with E-state index in [4.69, 9.17) is 10.00 Å². The van der Waals surface area contributed by atoms with Gasteiger partial charge in [-0.15, -0.1) is 0 Å². The molecule has 0 heterocycles. The fourth-order valence-corrected chi connectivity index (χ4v) is 1.70. The SMILES string of the molecule is CCC(C#N)C(=O)Nc1cc(C)c(OC)cc1C. The van der Waals surface area contributed by atoms with Gasteiger partial charge in [-0.3, -0.25) is 4.79 Å². The lowest BCUT2D eigenvalue weighted by molar-refractivity contribution is -0.118. The number of hydrogen-bond acceptors (Lipinski definition) is 3. The van der Waals surface area contributed by atoms with Crippen molar-refractivity contribution >= 4 is 11.6 Å². The van der Waals surface area contributed by atoms with Crippen LogP contribution in [0.1, 0.15) is 24.5 Å². The Morgan fingerprint density at radius 1 is 1.44 bits per heavy atom. The number of aryl methyl sites for hydroxylation is 2. The third-order valence-corrected chi connectivity index (χ3v) is 2.88. The van der Waals surface area contributed by atoms with Gasteiger partial charge in [0.1, 0.15) is 11.7 Å². The summed E-state index contributed by atoms with van der Waals surface area (Å²) in [6, 6.07) is 5.72. The number of nitriles is 1. The number of nitrogens with zero attached hydrogens (tertiary/aromatic N) is 1. The van der Waals surface area contributed by atoms with Crippen molar-refractivity contribution in [2.24, 2.45) is 5.92 Å². The minimum atomic E-state index is -0.605. The molecule has 1 rings (SSSR count). The van der Waals surface area contributed by atoms with Crippen molar-refractivity contribution in [3.8, 4) is 11.8 Å². The fourth-order valence-electron chi connectivity index (χ4n) is 1.70. The lowest BCUT2D eigenvalue weighted by atomic mass is 10.1. The quantitative estimate of drug-likeness (QED) is 0.888. The number of methoxy groups -OCH3 is 1. The van der Waals surface area contributed by atoms with Crippen molar-refractivity contribution < 1.29 is 9.53 Å². The number of carbonyl (C=O) groups is 1. The number of carbonyl (C=O) groups excluding carboxylic acids is 1. The molecule has 0 aliphatic rings. The van der Waals surface area contributed by atoms with Crippen LogP contribution >= 0.6 is 0 Å². The molecule has 1 atom stereocenters. The summed E-state index contributed by atoms with van der Waals surface area (Å²) in [4.78, 5) is 11.8. The molecule has 0 saturated heterocycles. The lowest BCUT2D eigenvalue weighted by Gasteiger charge is -2.13. The van der Waals surface area contributed by atoms with E-state index in [-0.39, 0.29) is 5.91 Å². The molecule has 0 aliphatic heterocycles. The molecule has 1 N–H and O–H groups in total. The monoisotopic (exact) mass is 246 g/mol. The van der Waals surface area contributed by atoms with Crippen molar-refractivity contribution in [1.29, 1.82) is 5.26 Å². The summed E-state index contributed by atoms with van der Waals surface area (Å²) in [6.07, 6.45) is 0.510. The number of rotatable bonds is 4. The van der Waals surface area contributed by atoms with Gasteiger partial charge in [0, 0.05) is 5.69 Å². The van der Waals surface area contributed by atoms with E-state index in [0.717, 1.165) is 22.6 Å². The summed E-state index contributed by atoms with van der Waals surface area (Å²) in [7, 11) is 1.61. The molecule has 1 aromatic carbocycles. The van der Waals surface area contributed by atoms with E-state index in [0.29, 0.717) is 6.42 Å². The first-order chi connectivity index (χ1) is 8.53. The summed E-state index contributed by atoms with van der Waals surface area (Å²) >= 11 is 0. The predicted octanol–water partition coefficient (Wildman–Crippen LogP) is 2.80. The predicted molar refractivity (Wildman–Crippen MR) is 70.5 cm³/mol. The Morgan fingerprint density at radius 2 is 2.11 bits per heavy atom. The van der Waals surface area contributed by atoms with E-state index in [1.807, 2.05) is 39.0 Å². The van der Waals surface area contributed by atoms with Crippen LogP contribution in [0.15, 0.2) is 12.1 Å². The topological polar surface area (TPSA) is 62.1 Å². The Kier molecular flexibility index (Phi) is 4.73. The Hall–Kier alpha value is -2.02. The summed E-state index contributed by atoms with van der Waals surface area (Å²) in [5, 5.41) is 11.6. The molecule has 0 radical (unpaired) electrons. The van der Waals surface area contributed by atoms with Crippen molar-refractivity contribution in [1.82, 2.24) is 0 Å². The van der Waals surface area contributed by atoms with Gasteiger partial charge in [-0.2, -0.15) is 5.26 Å². The van der Waals surface area contributed by atoms with Crippen LogP contribution in [0.25, 0.3) is 0 Å². The second-order valence-corrected chi connectivity index (χ2v) is 4.22. The standard InChI is InChI=1S/C14H18N2O2/c1-5-11(8-15)14(17)16-12-6-10(3)13(18-4)7-9(12)2/h6-7,11H,5H2,1-4H3,(H,16,17). The first-order valence-corrected chi connectivity index (χ1v) is 5.89. The molecule has 0 aromatic heterocycles. The molecule has 0 aliphatic carbocycles. The largest absolute Gasteiger partial charge is 0.496 e. The van der Waals surface area contributed by atoms with Crippen molar-refractivity contribution in [3.63, 3.8) is 0 Å². The zero-order valence-electron chi connectivity index (χ0n) is 11.2. The Morgan fingerprint density at radius 3 is 2.61 bits per heavy atom. The molecule has 1 unspecified atom stereocenters. The van der Waals surface area contributed by atoms with Crippen LogP contribution in [0.3, 0.4) is 0 Å². The Balaban J connectivity index is 2.96. The minimum Gasteiger partial charge on any atom is -0.496 e. The van der Waals surface area contributed by atoms with Crippen LogP contribution < -0.4 is 10.1 Å². The van der Waals surface area contributed by atoms with Gasteiger partial charge < -0.3 is 10.1 Å². The normalized spacial score (nSPS) is 11.5. The number of nitrogens with one attached hydrogen (secondary N) is 1. The smallest absolute Gasteiger partial charge is 0.241 e. The first kappa shape index (κ1) is 14.0. The lowest BCUT2D eigenvalue weighted by Crippen LogP contribution is -2.21. The molecule has 1 amide bonds. The van der Waals surface area contributed by atoms with Crippen LogP contribution in [0.5, 0.6) is 5.75 Å². The van der Waals surface area contributed by atoms with E-state index >= 15 is 0 Å². The second kappa shape index (κ2) is 6.06. The highest BCUT2D eigenvalue weighted by atomic mass is 16.5. The van der Waals surface area contributed by atoms with Gasteiger partial charge in [-0.25, -0.2) is 0 Å². The van der Waals surface area contributed by atoms with Gasteiger partial charge in [0.25, 0.3) is 0 Å². The molecule has 0 saturated carbocycles. The summed E-state index contributed by atoms with van der Waals surface area (Å²) in [5.41, 5.74) is 2.59. The first-order valence-electron chi connectivity index (χ1n) is 5.89. The van der Waals surface area contributed by atoms with E-state index in [1.54, 1.807) is 7.11 Å². The van der Waals surface area contributed by atoms with Crippen molar-refractivity contribution in [2.75, 3.05) is 12.4 Å². The summed E-state index contributed by atoms with van der Waals surface area (Å²) in [6.45, 7) is 5.63. The van der Waals surface area contributed by atoms with E-state index in [2.05, 4.69) is 5.32 Å². The van der Waals surface area contributed by atoms with Gasteiger partial charge >= 0.3 is 0 Å². The van der Waals surface area contributed by atoms with Crippen molar-refractivity contribution in [3.05, 3.63) is 23.3 Å². The number of benzene rings is 1. The highest BCUT2D eigenvalue weighted by Gasteiger charge is 2.16. The zero-order chi connectivity index (χ0) is 13.7. The Labute approximate surface area is 108 Å². The molecule has 0 spiro atoms. The highest BCUT2D eigenvalue weighted by Crippen LogP contribution is 2.26. The van der Waals surface area contributed by atoms with Gasteiger partial charge in [0.2, 0.25) is 5.91 Å². The van der Waals surface area contributed by atoms with Gasteiger partial charge in [0.15, 0.2) is 0 Å². The average Bonchev–Trinajstić information content (AvgIpc) is 2.34. The maximum absolute atomic E-state index is 11.8. The molecule has 4 heteroatoms. The maximum Gasteiger partial charge on any atom is 0.241 e. The van der Waals surface area contributed by atoms with E-state index < -0.39 is 5.92 Å². The van der Waals surface area contributed by atoms with E-state index in [1.165, 1.54) is 0 Å². The summed E-state index contributed by atoms with van der Waals surface area (Å²) < 4.78 is 5.21. The van der Waals surface area contributed by atoms with Crippen LogP contribution in [0, 0.1) is 31.1 Å². The van der Waals surface area contributed by atoms with Crippen LogP contribution in [0.4, 0.5) is 5.69 Å². The number of amides is 1. The molecule has 96 valence electrons. The van der Waals surface area contributed by atoms with Crippen molar-refractivity contribution in [2.45, 2.75) is 27.2 Å². The molecule has 0 fully saturated rings. The Bertz CT molecular complexity index is 489. The minimum absolute atomic E-state index is 0.257. The average molecular weight is 246 g/mol. The van der Waals surface area contributed by atoms with Gasteiger partial charge in [-0.1, -0.05) is 6.92 Å². The third-order valence-electron chi connectivity index (χ3n) is 2.88. The zero-order valence-corrected chi connectivity index (χ0v) is 11.2. The van der Waals surface area contributed by atoms with Gasteiger partial charge in [0.05, 0.1) is 13.2 Å². The summed E-state index contributed by atoms with van der Waals surface area (Å²) in [5.74, 6) is -0.0719. The van der Waals surface area contributed by atoms with Gasteiger partial charge in [-0.05, 0) is 43.5 Å². The number of anilines is 1. The van der Waals surface area contributed by atoms with Crippen LogP contribution in [-0.4, -0.2) is 13.0 Å². The molecule has 0 bridgehead atoms. The molecule has 4 nitrogen and oxygen atoms in total. The number of hydrogen-bond donors (Lipinski definition) is 1. The molecule has 18 heavy (non-hydrogen) atoms. The van der Waals surface area contributed by atoms with Crippen LogP contribution in [0.2, 0.25) is 0 Å². The molecular formula is C14H18N2O2. The van der Waals surface area contributed by atoms with Crippen LogP contribution in [-0.2, 0) is 4.79 Å². The maximum atomic E-state index is 11.8.